The Labute approximate surface area is 202 Å². The Hall–Kier alpha value is -3.91. The van der Waals surface area contributed by atoms with E-state index in [9.17, 15) is 5.26 Å². The highest BCUT2D eigenvalue weighted by Crippen LogP contribution is 2.37. The van der Waals surface area contributed by atoms with Gasteiger partial charge in [0.1, 0.15) is 12.7 Å². The van der Waals surface area contributed by atoms with Gasteiger partial charge in [0.05, 0.1) is 48.8 Å². The van der Waals surface area contributed by atoms with Crippen molar-refractivity contribution < 1.29 is 18.9 Å². The molecule has 1 fully saturated rings. The lowest BCUT2D eigenvalue weighted by Gasteiger charge is -2.16. The van der Waals surface area contributed by atoms with Gasteiger partial charge in [-0.3, -0.25) is 10.1 Å². The fraction of sp³-hybridized carbons (Fsp3) is 0.320. The molecule has 3 N–H and O–H groups in total. The van der Waals surface area contributed by atoms with Crippen LogP contribution >= 0.6 is 0 Å². The summed E-state index contributed by atoms with van der Waals surface area (Å²) in [5, 5.41) is 25.2. The smallest absolute Gasteiger partial charge is 0.163 e. The van der Waals surface area contributed by atoms with Gasteiger partial charge in [-0.25, -0.2) is 0 Å². The van der Waals surface area contributed by atoms with Crippen molar-refractivity contribution in [1.82, 2.24) is 20.5 Å². The summed E-state index contributed by atoms with van der Waals surface area (Å²) in [7, 11) is 1.59. The minimum Gasteiger partial charge on any atom is -0.493 e. The zero-order valence-electron chi connectivity index (χ0n) is 19.3. The molecule has 35 heavy (non-hydrogen) atoms. The SMILES string of the molecule is COc1cc2c(Nc3ccc4cn[nH]c4c3)c(C#N)cnc2cc1OCCNCCC1OCCO1. The second-order valence-electron chi connectivity index (χ2n) is 8.03. The van der Waals surface area contributed by atoms with Crippen molar-refractivity contribution in [2.75, 3.05) is 45.3 Å². The molecule has 10 nitrogen and oxygen atoms in total. The Morgan fingerprint density at radius 1 is 1.14 bits per heavy atom. The first-order chi connectivity index (χ1) is 17.2. The minimum atomic E-state index is -0.113. The van der Waals surface area contributed by atoms with E-state index in [1.807, 2.05) is 30.3 Å². The summed E-state index contributed by atoms with van der Waals surface area (Å²) in [6, 6.07) is 11.8. The number of pyridine rings is 1. The molecule has 0 atom stereocenters. The molecule has 0 aliphatic carbocycles. The van der Waals surface area contributed by atoms with Crippen molar-refractivity contribution in [3.8, 4) is 17.6 Å². The van der Waals surface area contributed by atoms with E-state index in [0.29, 0.717) is 54.6 Å². The van der Waals surface area contributed by atoms with Crippen LogP contribution in [0.4, 0.5) is 11.4 Å². The predicted molar refractivity (Wildman–Crippen MR) is 131 cm³/mol. The number of nitriles is 1. The summed E-state index contributed by atoms with van der Waals surface area (Å²) < 4.78 is 22.4. The number of hydrogen-bond acceptors (Lipinski definition) is 9. The fourth-order valence-electron chi connectivity index (χ4n) is 4.00. The van der Waals surface area contributed by atoms with E-state index in [0.717, 1.165) is 34.9 Å². The molecule has 0 radical (unpaired) electrons. The van der Waals surface area contributed by atoms with Crippen LogP contribution in [0.5, 0.6) is 11.5 Å². The second kappa shape index (κ2) is 10.6. The molecule has 1 aliphatic heterocycles. The quantitative estimate of drug-likeness (QED) is 0.296. The first-order valence-electron chi connectivity index (χ1n) is 11.4. The Bertz CT molecular complexity index is 1360. The monoisotopic (exact) mass is 474 g/mol. The first kappa shape index (κ1) is 22.9. The van der Waals surface area contributed by atoms with E-state index in [2.05, 4.69) is 31.9 Å². The number of hydrogen-bond donors (Lipinski definition) is 3. The summed E-state index contributed by atoms with van der Waals surface area (Å²) in [5.41, 5.74) is 3.49. The number of aromatic nitrogens is 3. The van der Waals surface area contributed by atoms with Gasteiger partial charge in [-0.1, -0.05) is 0 Å². The topological polar surface area (TPSA) is 126 Å². The van der Waals surface area contributed by atoms with Gasteiger partial charge >= 0.3 is 0 Å². The summed E-state index contributed by atoms with van der Waals surface area (Å²) >= 11 is 0. The van der Waals surface area contributed by atoms with Crippen molar-refractivity contribution in [3.63, 3.8) is 0 Å². The average Bonchev–Trinajstić information content (AvgIpc) is 3.57. The predicted octanol–water partition coefficient (Wildman–Crippen LogP) is 3.47. The molecule has 4 aromatic rings. The molecule has 1 aliphatic rings. The van der Waals surface area contributed by atoms with E-state index in [1.54, 1.807) is 19.5 Å². The lowest BCUT2D eigenvalue weighted by Crippen LogP contribution is -2.25. The van der Waals surface area contributed by atoms with Gasteiger partial charge < -0.3 is 29.6 Å². The van der Waals surface area contributed by atoms with Crippen molar-refractivity contribution in [3.05, 3.63) is 48.3 Å². The van der Waals surface area contributed by atoms with Gasteiger partial charge in [0, 0.05) is 48.2 Å². The lowest BCUT2D eigenvalue weighted by molar-refractivity contribution is -0.0459. The average molecular weight is 475 g/mol. The molecule has 0 saturated carbocycles. The molecule has 0 bridgehead atoms. The minimum absolute atomic E-state index is 0.113. The summed E-state index contributed by atoms with van der Waals surface area (Å²) in [4.78, 5) is 4.48. The van der Waals surface area contributed by atoms with Crippen molar-refractivity contribution in [2.45, 2.75) is 12.7 Å². The number of fused-ring (bicyclic) bond motifs is 2. The molecule has 3 heterocycles. The third kappa shape index (κ3) is 5.12. The Kier molecular flexibility index (Phi) is 6.90. The highest BCUT2D eigenvalue weighted by Gasteiger charge is 2.16. The molecule has 0 spiro atoms. The highest BCUT2D eigenvalue weighted by atomic mass is 16.7. The van der Waals surface area contributed by atoms with E-state index in [1.165, 1.54) is 0 Å². The van der Waals surface area contributed by atoms with Crippen molar-refractivity contribution in [2.24, 2.45) is 0 Å². The number of nitrogens with zero attached hydrogens (tertiary/aromatic N) is 3. The number of anilines is 2. The molecule has 180 valence electrons. The van der Waals surface area contributed by atoms with Gasteiger partial charge in [-0.15, -0.1) is 0 Å². The Morgan fingerprint density at radius 2 is 2.03 bits per heavy atom. The maximum Gasteiger partial charge on any atom is 0.163 e. The van der Waals surface area contributed by atoms with E-state index < -0.39 is 0 Å². The van der Waals surface area contributed by atoms with Crippen LogP contribution < -0.4 is 20.1 Å². The zero-order chi connectivity index (χ0) is 24.0. The van der Waals surface area contributed by atoms with Gasteiger partial charge in [0.2, 0.25) is 0 Å². The van der Waals surface area contributed by atoms with Crippen molar-refractivity contribution >= 4 is 33.2 Å². The molecule has 10 heteroatoms. The van der Waals surface area contributed by atoms with Crippen LogP contribution in [0.1, 0.15) is 12.0 Å². The maximum absolute atomic E-state index is 9.71. The zero-order valence-corrected chi connectivity index (χ0v) is 19.3. The molecule has 5 rings (SSSR count). The molecule has 1 saturated heterocycles. The molecular formula is C25H26N6O4. The van der Waals surface area contributed by atoms with Crippen LogP contribution in [0.3, 0.4) is 0 Å². The number of rotatable bonds is 10. The number of methoxy groups -OCH3 is 1. The number of aromatic amines is 1. The number of H-pyrrole nitrogens is 1. The van der Waals surface area contributed by atoms with Gasteiger partial charge in [-0.2, -0.15) is 10.4 Å². The summed E-state index contributed by atoms with van der Waals surface area (Å²) in [6.07, 6.45) is 4.01. The van der Waals surface area contributed by atoms with Crippen LogP contribution in [0.2, 0.25) is 0 Å². The van der Waals surface area contributed by atoms with Gasteiger partial charge in [0.15, 0.2) is 17.8 Å². The summed E-state index contributed by atoms with van der Waals surface area (Å²) in [5.74, 6) is 1.15. The normalized spacial score (nSPS) is 13.8. The Balaban J connectivity index is 1.32. The van der Waals surface area contributed by atoms with Crippen LogP contribution in [-0.4, -0.2) is 61.5 Å². The van der Waals surface area contributed by atoms with Crippen LogP contribution in [0, 0.1) is 11.3 Å². The van der Waals surface area contributed by atoms with Crippen LogP contribution in [0.25, 0.3) is 21.8 Å². The first-order valence-corrected chi connectivity index (χ1v) is 11.4. The van der Waals surface area contributed by atoms with Gasteiger partial charge in [-0.05, 0) is 24.3 Å². The Morgan fingerprint density at radius 3 is 2.86 bits per heavy atom. The molecule has 2 aromatic heterocycles. The number of benzene rings is 2. The van der Waals surface area contributed by atoms with E-state index >= 15 is 0 Å². The maximum atomic E-state index is 9.71. The number of ether oxygens (including phenoxy) is 4. The fourth-order valence-corrected chi connectivity index (χ4v) is 4.00. The third-order valence-electron chi connectivity index (χ3n) is 5.77. The molecule has 0 unspecified atom stereocenters. The standard InChI is InChI=1S/C25H26N6O4/c1-32-22-11-19-21(12-23(22)33-7-6-27-5-4-24-34-8-9-35-24)28-14-17(13-26)25(19)30-18-3-2-16-15-29-31-20(16)10-18/h2-3,10-12,14-15,24,27H,4-9H2,1H3,(H,28,30)(H,29,31). The molecular weight excluding hydrogens is 448 g/mol. The van der Waals surface area contributed by atoms with Crippen molar-refractivity contribution in [1.29, 1.82) is 5.26 Å². The van der Waals surface area contributed by atoms with Crippen LogP contribution in [0.15, 0.2) is 42.7 Å². The summed E-state index contributed by atoms with van der Waals surface area (Å²) in [6.45, 7) is 3.23. The van der Waals surface area contributed by atoms with E-state index in [-0.39, 0.29) is 6.29 Å². The highest BCUT2D eigenvalue weighted by molar-refractivity contribution is 5.98. The largest absolute Gasteiger partial charge is 0.493 e. The molecule has 2 aromatic carbocycles. The number of nitrogens with one attached hydrogen (secondary N) is 3. The van der Waals surface area contributed by atoms with E-state index in [4.69, 9.17) is 18.9 Å². The lowest BCUT2D eigenvalue weighted by atomic mass is 10.1. The third-order valence-corrected chi connectivity index (χ3v) is 5.77. The second-order valence-corrected chi connectivity index (χ2v) is 8.03. The van der Waals surface area contributed by atoms with Gasteiger partial charge in [0.25, 0.3) is 0 Å². The molecule has 0 amide bonds. The van der Waals surface area contributed by atoms with Crippen LogP contribution in [-0.2, 0) is 9.47 Å².